The lowest BCUT2D eigenvalue weighted by atomic mass is 10.1. The van der Waals surface area contributed by atoms with Gasteiger partial charge in [-0.15, -0.1) is 0 Å². The average molecular weight is 437 g/mol. The van der Waals surface area contributed by atoms with Crippen LogP contribution in [-0.4, -0.2) is 38.4 Å². The summed E-state index contributed by atoms with van der Waals surface area (Å²) in [5, 5.41) is 0. The smallest absolute Gasteiger partial charge is 0.243 e. The van der Waals surface area contributed by atoms with Crippen LogP contribution in [-0.2, 0) is 16.4 Å². The fraction of sp³-hybridized carbons (Fsp3) is 0.400. The van der Waals surface area contributed by atoms with E-state index in [1.165, 1.54) is 5.56 Å². The topological polar surface area (TPSA) is 40.6 Å². The average Bonchev–Trinajstić information content (AvgIpc) is 2.61. The highest BCUT2D eigenvalue weighted by atomic mass is 79.9. The number of nitrogens with zero attached hydrogens (tertiary/aromatic N) is 2. The molecule has 0 bridgehead atoms. The zero-order valence-electron chi connectivity index (χ0n) is 15.4. The van der Waals surface area contributed by atoms with Crippen molar-refractivity contribution in [3.8, 4) is 0 Å². The first-order chi connectivity index (χ1) is 12.3. The molecule has 0 N–H and O–H groups in total. The molecule has 0 saturated carbocycles. The molecule has 2 aromatic carbocycles. The molecule has 3 rings (SSSR count). The maximum absolute atomic E-state index is 13.2. The van der Waals surface area contributed by atoms with Crippen LogP contribution in [0.25, 0.3) is 0 Å². The van der Waals surface area contributed by atoms with Gasteiger partial charge in [-0.1, -0.05) is 35.0 Å². The summed E-state index contributed by atoms with van der Waals surface area (Å²) in [6, 6.07) is 13.9. The highest BCUT2D eigenvalue weighted by Crippen LogP contribution is 2.28. The molecule has 26 heavy (non-hydrogen) atoms. The van der Waals surface area contributed by atoms with Crippen molar-refractivity contribution in [2.45, 2.75) is 38.1 Å². The molecule has 1 atom stereocenters. The Morgan fingerprint density at radius 1 is 1.15 bits per heavy atom. The Morgan fingerprint density at radius 2 is 1.92 bits per heavy atom. The second kappa shape index (κ2) is 7.71. The maximum Gasteiger partial charge on any atom is 0.243 e. The van der Waals surface area contributed by atoms with Gasteiger partial charge in [0.1, 0.15) is 0 Å². The molecule has 0 spiro atoms. The predicted molar refractivity (Wildman–Crippen MR) is 110 cm³/mol. The molecular weight excluding hydrogens is 412 g/mol. The zero-order valence-corrected chi connectivity index (χ0v) is 17.8. The molecular formula is C20H25BrN2O2S. The summed E-state index contributed by atoms with van der Waals surface area (Å²) in [6.45, 7) is 7.84. The lowest BCUT2D eigenvalue weighted by Crippen LogP contribution is -2.53. The summed E-state index contributed by atoms with van der Waals surface area (Å²) < 4.78 is 29.0. The highest BCUT2D eigenvalue weighted by molar-refractivity contribution is 9.10. The number of aryl methyl sites for hydroxylation is 2. The molecule has 6 heteroatoms. The molecule has 0 aliphatic carbocycles. The number of rotatable bonds is 4. The second-order valence-corrected chi connectivity index (χ2v) is 9.67. The third-order valence-electron chi connectivity index (χ3n) is 4.94. The minimum absolute atomic E-state index is 0.126. The Hall–Kier alpha value is -1.37. The molecule has 1 saturated heterocycles. The second-order valence-electron chi connectivity index (χ2n) is 6.85. The quantitative estimate of drug-likeness (QED) is 0.719. The maximum atomic E-state index is 13.2. The summed E-state index contributed by atoms with van der Waals surface area (Å²) >= 11 is 3.43. The number of hydrogen-bond acceptors (Lipinski definition) is 3. The van der Waals surface area contributed by atoms with E-state index in [4.69, 9.17) is 0 Å². The molecule has 0 aromatic heterocycles. The molecule has 2 aromatic rings. The number of anilines is 1. The van der Waals surface area contributed by atoms with Gasteiger partial charge in [-0.2, -0.15) is 4.31 Å². The largest absolute Gasteiger partial charge is 0.366 e. The fourth-order valence-electron chi connectivity index (χ4n) is 3.55. The number of piperazine rings is 1. The number of benzene rings is 2. The standard InChI is InChI=1S/C20H25BrN2O2S/c1-4-17-13-18(21)8-9-20(17)26(24,25)22-10-11-23(16(3)14-22)19-7-5-6-15(2)12-19/h5-9,12-13,16H,4,10-11,14H2,1-3H3. The first-order valence-corrected chi connectivity index (χ1v) is 11.2. The number of sulfonamides is 1. The lowest BCUT2D eigenvalue weighted by molar-refractivity contribution is 0.342. The Morgan fingerprint density at radius 3 is 2.58 bits per heavy atom. The van der Waals surface area contributed by atoms with Gasteiger partial charge in [0, 0.05) is 35.8 Å². The molecule has 1 aliphatic heterocycles. The van der Waals surface area contributed by atoms with Crippen LogP contribution in [0.4, 0.5) is 5.69 Å². The minimum Gasteiger partial charge on any atom is -0.366 e. The number of hydrogen-bond donors (Lipinski definition) is 0. The van der Waals surface area contributed by atoms with Crippen molar-refractivity contribution in [1.29, 1.82) is 0 Å². The van der Waals surface area contributed by atoms with E-state index in [-0.39, 0.29) is 6.04 Å². The van der Waals surface area contributed by atoms with Gasteiger partial charge >= 0.3 is 0 Å². The van der Waals surface area contributed by atoms with Crippen molar-refractivity contribution in [2.75, 3.05) is 24.5 Å². The van der Waals surface area contributed by atoms with Crippen LogP contribution in [0.1, 0.15) is 25.0 Å². The van der Waals surface area contributed by atoms with E-state index >= 15 is 0 Å². The van der Waals surface area contributed by atoms with Crippen LogP contribution < -0.4 is 4.90 Å². The van der Waals surface area contributed by atoms with Crippen molar-refractivity contribution in [3.63, 3.8) is 0 Å². The van der Waals surface area contributed by atoms with E-state index < -0.39 is 10.0 Å². The van der Waals surface area contributed by atoms with Gasteiger partial charge in [0.05, 0.1) is 4.90 Å². The van der Waals surface area contributed by atoms with Gasteiger partial charge in [0.15, 0.2) is 0 Å². The Labute approximate surface area is 165 Å². The summed E-state index contributed by atoms with van der Waals surface area (Å²) in [5.74, 6) is 0. The first-order valence-electron chi connectivity index (χ1n) is 8.95. The van der Waals surface area contributed by atoms with E-state index in [0.717, 1.165) is 15.7 Å². The molecule has 1 aliphatic rings. The van der Waals surface area contributed by atoms with Crippen molar-refractivity contribution >= 4 is 31.6 Å². The molecule has 1 fully saturated rings. The number of halogens is 1. The first kappa shape index (κ1) is 19.4. The summed E-state index contributed by atoms with van der Waals surface area (Å²) in [4.78, 5) is 2.72. The van der Waals surface area contributed by atoms with Crippen LogP contribution in [0.2, 0.25) is 0 Å². The van der Waals surface area contributed by atoms with Crippen LogP contribution in [0.5, 0.6) is 0 Å². The van der Waals surface area contributed by atoms with Crippen LogP contribution in [0.3, 0.4) is 0 Å². The minimum atomic E-state index is -3.48. The normalized spacial score (nSPS) is 18.9. The Bertz CT molecular complexity index is 898. The van der Waals surface area contributed by atoms with Gasteiger partial charge < -0.3 is 4.90 Å². The van der Waals surface area contributed by atoms with Crippen molar-refractivity contribution in [2.24, 2.45) is 0 Å². The fourth-order valence-corrected chi connectivity index (χ4v) is 5.74. The van der Waals surface area contributed by atoms with Gasteiger partial charge in [0.25, 0.3) is 0 Å². The Balaban J connectivity index is 1.84. The summed E-state index contributed by atoms with van der Waals surface area (Å²) in [6.07, 6.45) is 0.687. The van der Waals surface area contributed by atoms with E-state index in [0.29, 0.717) is 31.0 Å². The SMILES string of the molecule is CCc1cc(Br)ccc1S(=O)(=O)N1CCN(c2cccc(C)c2)C(C)C1. The van der Waals surface area contributed by atoms with Gasteiger partial charge in [-0.05, 0) is 61.7 Å². The summed E-state index contributed by atoms with van der Waals surface area (Å²) in [5.41, 5.74) is 3.23. The molecule has 0 radical (unpaired) electrons. The summed E-state index contributed by atoms with van der Waals surface area (Å²) in [7, 11) is -3.48. The zero-order chi connectivity index (χ0) is 18.9. The van der Waals surface area contributed by atoms with E-state index in [2.05, 4.69) is 58.9 Å². The van der Waals surface area contributed by atoms with E-state index in [1.54, 1.807) is 16.4 Å². The van der Waals surface area contributed by atoms with Crippen molar-refractivity contribution in [1.82, 2.24) is 4.31 Å². The molecule has 1 unspecified atom stereocenters. The van der Waals surface area contributed by atoms with E-state index in [9.17, 15) is 8.42 Å². The van der Waals surface area contributed by atoms with Crippen molar-refractivity contribution in [3.05, 3.63) is 58.1 Å². The highest BCUT2D eigenvalue weighted by Gasteiger charge is 2.33. The monoisotopic (exact) mass is 436 g/mol. The molecule has 1 heterocycles. The molecule has 140 valence electrons. The third kappa shape index (κ3) is 3.82. The Kier molecular flexibility index (Phi) is 5.75. The van der Waals surface area contributed by atoms with Crippen LogP contribution in [0.15, 0.2) is 51.8 Å². The lowest BCUT2D eigenvalue weighted by Gasteiger charge is -2.40. The van der Waals surface area contributed by atoms with Gasteiger partial charge in [-0.25, -0.2) is 8.42 Å². The van der Waals surface area contributed by atoms with E-state index in [1.807, 2.05) is 13.0 Å². The predicted octanol–water partition coefficient (Wildman–Crippen LogP) is 4.22. The van der Waals surface area contributed by atoms with Gasteiger partial charge in [0.2, 0.25) is 10.0 Å². The van der Waals surface area contributed by atoms with Crippen LogP contribution in [0, 0.1) is 6.92 Å². The third-order valence-corrected chi connectivity index (χ3v) is 7.40. The van der Waals surface area contributed by atoms with Crippen molar-refractivity contribution < 1.29 is 8.42 Å². The van der Waals surface area contributed by atoms with Gasteiger partial charge in [-0.3, -0.25) is 0 Å². The molecule has 4 nitrogen and oxygen atoms in total. The van der Waals surface area contributed by atoms with Crippen LogP contribution >= 0.6 is 15.9 Å². The molecule has 0 amide bonds.